The summed E-state index contributed by atoms with van der Waals surface area (Å²) in [4.78, 5) is 7.06. The van der Waals surface area contributed by atoms with E-state index in [0.29, 0.717) is 11.3 Å². The summed E-state index contributed by atoms with van der Waals surface area (Å²) < 4.78 is 0. The summed E-state index contributed by atoms with van der Waals surface area (Å²) in [6, 6.07) is 4.78. The van der Waals surface area contributed by atoms with Crippen LogP contribution in [0.4, 0.5) is 0 Å². The molecular weight excluding hydrogens is 401 g/mol. The van der Waals surface area contributed by atoms with Crippen molar-refractivity contribution in [2.24, 2.45) is 4.99 Å². The van der Waals surface area contributed by atoms with Crippen molar-refractivity contribution in [3.8, 4) is 0 Å². The van der Waals surface area contributed by atoms with Crippen molar-refractivity contribution in [1.82, 2.24) is 10.6 Å². The maximum atomic E-state index is 4.27. The Balaban J connectivity index is 0.00000361. The lowest BCUT2D eigenvalue weighted by molar-refractivity contribution is 0.644. The summed E-state index contributed by atoms with van der Waals surface area (Å²) in [7, 11) is 1.82. The fourth-order valence-electron chi connectivity index (χ4n) is 1.70. The zero-order valence-electron chi connectivity index (χ0n) is 12.9. The SMILES string of the molecule is CN=C(NCC(C)SC)NC(C)Cc1ccc(C)s1.I. The van der Waals surface area contributed by atoms with Crippen LogP contribution in [-0.4, -0.2) is 37.1 Å². The highest BCUT2D eigenvalue weighted by molar-refractivity contribution is 14.0. The van der Waals surface area contributed by atoms with Crippen LogP contribution in [0.1, 0.15) is 23.6 Å². The van der Waals surface area contributed by atoms with Crippen LogP contribution >= 0.6 is 47.1 Å². The Bertz CT molecular complexity index is 407. The number of guanidine groups is 1. The van der Waals surface area contributed by atoms with Gasteiger partial charge in [-0.3, -0.25) is 4.99 Å². The number of nitrogens with one attached hydrogen (secondary N) is 2. The largest absolute Gasteiger partial charge is 0.355 e. The van der Waals surface area contributed by atoms with E-state index in [-0.39, 0.29) is 24.0 Å². The Morgan fingerprint density at radius 3 is 2.60 bits per heavy atom. The maximum Gasteiger partial charge on any atom is 0.191 e. The van der Waals surface area contributed by atoms with Gasteiger partial charge in [-0.15, -0.1) is 35.3 Å². The van der Waals surface area contributed by atoms with Crippen LogP contribution in [0.25, 0.3) is 0 Å². The van der Waals surface area contributed by atoms with E-state index in [2.05, 4.69) is 54.8 Å². The van der Waals surface area contributed by atoms with Crippen LogP contribution in [0.15, 0.2) is 17.1 Å². The molecule has 1 rings (SSSR count). The number of halogens is 1. The molecule has 1 aromatic heterocycles. The highest BCUT2D eigenvalue weighted by Crippen LogP contribution is 2.16. The van der Waals surface area contributed by atoms with Crippen LogP contribution in [-0.2, 0) is 6.42 Å². The van der Waals surface area contributed by atoms with Crippen LogP contribution in [0.2, 0.25) is 0 Å². The topological polar surface area (TPSA) is 36.4 Å². The molecule has 0 radical (unpaired) electrons. The number of aryl methyl sites for hydroxylation is 1. The monoisotopic (exact) mass is 427 g/mol. The van der Waals surface area contributed by atoms with Crippen molar-refractivity contribution in [3.05, 3.63) is 21.9 Å². The van der Waals surface area contributed by atoms with Gasteiger partial charge >= 0.3 is 0 Å². The predicted molar refractivity (Wildman–Crippen MR) is 105 cm³/mol. The summed E-state index contributed by atoms with van der Waals surface area (Å²) in [6.45, 7) is 7.49. The van der Waals surface area contributed by atoms with Crippen molar-refractivity contribution in [2.75, 3.05) is 19.8 Å². The molecule has 0 bridgehead atoms. The Labute approximate surface area is 148 Å². The Hall–Kier alpha value is 0.0500. The lowest BCUT2D eigenvalue weighted by atomic mass is 10.2. The molecule has 1 heterocycles. The van der Waals surface area contributed by atoms with Crippen LogP contribution in [0.3, 0.4) is 0 Å². The number of hydrogen-bond acceptors (Lipinski definition) is 3. The standard InChI is InChI=1S/C14H25N3S2.HI/c1-10(8-13-7-6-11(2)19-13)17-14(15-4)16-9-12(3)18-5;/h6-7,10,12H,8-9H2,1-5H3,(H2,15,16,17);1H. The Kier molecular flexibility index (Phi) is 10.8. The summed E-state index contributed by atoms with van der Waals surface area (Å²) in [6.07, 6.45) is 3.17. The van der Waals surface area contributed by atoms with E-state index in [9.17, 15) is 0 Å². The van der Waals surface area contributed by atoms with Crippen molar-refractivity contribution >= 4 is 53.0 Å². The number of thioether (sulfide) groups is 1. The highest BCUT2D eigenvalue weighted by atomic mass is 127. The molecule has 0 aliphatic heterocycles. The maximum absolute atomic E-state index is 4.27. The molecule has 6 heteroatoms. The minimum Gasteiger partial charge on any atom is -0.355 e. The molecule has 2 atom stereocenters. The second kappa shape index (κ2) is 10.7. The van der Waals surface area contributed by atoms with Gasteiger partial charge in [0.15, 0.2) is 5.96 Å². The molecule has 0 aliphatic carbocycles. The molecule has 20 heavy (non-hydrogen) atoms. The molecule has 0 aromatic carbocycles. The number of nitrogens with zero attached hydrogens (tertiary/aromatic N) is 1. The van der Waals surface area contributed by atoms with E-state index in [1.165, 1.54) is 9.75 Å². The third-order valence-electron chi connectivity index (χ3n) is 2.87. The first-order valence-corrected chi connectivity index (χ1v) is 8.71. The zero-order chi connectivity index (χ0) is 14.3. The van der Waals surface area contributed by atoms with Gasteiger partial charge in [-0.05, 0) is 32.2 Å². The molecule has 0 fully saturated rings. The third-order valence-corrected chi connectivity index (χ3v) is 4.86. The summed E-state index contributed by atoms with van der Waals surface area (Å²) in [5.41, 5.74) is 0. The molecule has 0 saturated carbocycles. The van der Waals surface area contributed by atoms with Gasteiger partial charge in [-0.25, -0.2) is 0 Å². The van der Waals surface area contributed by atoms with Crippen LogP contribution in [0.5, 0.6) is 0 Å². The molecule has 0 amide bonds. The minimum absolute atomic E-state index is 0. The predicted octanol–water partition coefficient (Wildman–Crippen LogP) is 3.52. The van der Waals surface area contributed by atoms with E-state index in [0.717, 1.165) is 18.9 Å². The van der Waals surface area contributed by atoms with Gasteiger partial charge in [0.25, 0.3) is 0 Å². The molecule has 1 aromatic rings. The Morgan fingerprint density at radius 2 is 2.10 bits per heavy atom. The fourth-order valence-corrected chi connectivity index (χ4v) is 2.97. The molecule has 0 aliphatic rings. The first kappa shape index (κ1) is 20.1. The van der Waals surface area contributed by atoms with Gasteiger partial charge < -0.3 is 10.6 Å². The normalized spacial score (nSPS) is 14.3. The molecule has 2 N–H and O–H groups in total. The van der Waals surface area contributed by atoms with E-state index in [4.69, 9.17) is 0 Å². The average molecular weight is 427 g/mol. The molecule has 0 spiro atoms. The molecule has 0 saturated heterocycles. The van der Waals surface area contributed by atoms with Gasteiger partial charge in [-0.1, -0.05) is 6.92 Å². The molecule has 3 nitrogen and oxygen atoms in total. The third kappa shape index (κ3) is 7.73. The average Bonchev–Trinajstić information content (AvgIpc) is 2.79. The number of rotatable bonds is 6. The first-order chi connectivity index (χ1) is 9.05. The second-order valence-corrected chi connectivity index (χ2v) is 7.41. The van der Waals surface area contributed by atoms with Crippen molar-refractivity contribution in [2.45, 2.75) is 38.5 Å². The van der Waals surface area contributed by atoms with Crippen molar-refractivity contribution in [3.63, 3.8) is 0 Å². The highest BCUT2D eigenvalue weighted by Gasteiger charge is 2.08. The number of hydrogen-bond donors (Lipinski definition) is 2. The van der Waals surface area contributed by atoms with Gasteiger partial charge in [0.1, 0.15) is 0 Å². The van der Waals surface area contributed by atoms with Gasteiger partial charge in [0.05, 0.1) is 0 Å². The number of thiophene rings is 1. The van der Waals surface area contributed by atoms with E-state index < -0.39 is 0 Å². The molecule has 116 valence electrons. The van der Waals surface area contributed by atoms with Gasteiger partial charge in [-0.2, -0.15) is 11.8 Å². The minimum atomic E-state index is 0. The Morgan fingerprint density at radius 1 is 1.40 bits per heavy atom. The summed E-state index contributed by atoms with van der Waals surface area (Å²) >= 11 is 3.73. The van der Waals surface area contributed by atoms with Crippen LogP contribution in [0, 0.1) is 6.92 Å². The van der Waals surface area contributed by atoms with Gasteiger partial charge in [0.2, 0.25) is 0 Å². The lowest BCUT2D eigenvalue weighted by Crippen LogP contribution is -2.44. The van der Waals surface area contributed by atoms with Crippen molar-refractivity contribution in [1.29, 1.82) is 0 Å². The lowest BCUT2D eigenvalue weighted by Gasteiger charge is -2.18. The van der Waals surface area contributed by atoms with Crippen LogP contribution < -0.4 is 10.6 Å². The smallest absolute Gasteiger partial charge is 0.191 e. The van der Waals surface area contributed by atoms with E-state index in [1.807, 2.05) is 30.1 Å². The first-order valence-electron chi connectivity index (χ1n) is 6.60. The van der Waals surface area contributed by atoms with E-state index in [1.54, 1.807) is 0 Å². The van der Waals surface area contributed by atoms with Gasteiger partial charge in [0, 0.05) is 41.1 Å². The second-order valence-electron chi connectivity index (χ2n) is 4.76. The van der Waals surface area contributed by atoms with Crippen molar-refractivity contribution < 1.29 is 0 Å². The number of aliphatic imine (C=N–C) groups is 1. The summed E-state index contributed by atoms with van der Waals surface area (Å²) in [5, 5.41) is 7.40. The molecular formula is C14H26IN3S2. The zero-order valence-corrected chi connectivity index (χ0v) is 16.9. The van der Waals surface area contributed by atoms with E-state index >= 15 is 0 Å². The summed E-state index contributed by atoms with van der Waals surface area (Å²) in [5.74, 6) is 0.890. The fraction of sp³-hybridized carbons (Fsp3) is 0.643. The molecule has 2 unspecified atom stereocenters. The quantitative estimate of drug-likeness (QED) is 0.415.